The lowest BCUT2D eigenvalue weighted by atomic mass is 9.96. The Labute approximate surface area is 122 Å². The Morgan fingerprint density at radius 2 is 2.00 bits per heavy atom. The fourth-order valence-corrected chi connectivity index (χ4v) is 2.22. The molecule has 0 bridgehead atoms. The summed E-state index contributed by atoms with van der Waals surface area (Å²) in [6, 6.07) is 3.60. The first-order valence-corrected chi connectivity index (χ1v) is 7.28. The lowest BCUT2D eigenvalue weighted by Crippen LogP contribution is -2.36. The minimum absolute atomic E-state index is 0.0929. The highest BCUT2D eigenvalue weighted by Gasteiger charge is 2.16. The van der Waals surface area contributed by atoms with E-state index in [2.05, 4.69) is 42.0 Å². The molecule has 0 amide bonds. The van der Waals surface area contributed by atoms with Crippen LogP contribution in [0.25, 0.3) is 0 Å². The number of hydrogen-bond donors (Lipinski definition) is 1. The molecule has 1 nitrogen and oxygen atoms in total. The number of benzene rings is 1. The third-order valence-corrected chi connectivity index (χ3v) is 4.09. The summed E-state index contributed by atoms with van der Waals surface area (Å²) in [5.74, 6) is -0.167. The van der Waals surface area contributed by atoms with Gasteiger partial charge in [0.15, 0.2) is 0 Å². The van der Waals surface area contributed by atoms with Gasteiger partial charge >= 0.3 is 0 Å². The zero-order valence-corrected chi connectivity index (χ0v) is 13.6. The monoisotopic (exact) mass is 335 g/mol. The van der Waals surface area contributed by atoms with Gasteiger partial charge in [-0.1, -0.05) is 24.6 Å². The van der Waals surface area contributed by atoms with E-state index in [1.165, 1.54) is 0 Å². The minimum Gasteiger partial charge on any atom is -0.312 e. The van der Waals surface area contributed by atoms with Crippen LogP contribution in [-0.4, -0.2) is 12.1 Å². The molecule has 0 aliphatic heterocycles. The van der Waals surface area contributed by atoms with Crippen molar-refractivity contribution in [3.63, 3.8) is 0 Å². The van der Waals surface area contributed by atoms with E-state index < -0.39 is 0 Å². The second kappa shape index (κ2) is 6.36. The molecule has 1 N–H and O–H groups in total. The average Bonchev–Trinajstić information content (AvgIpc) is 2.24. The highest BCUT2D eigenvalue weighted by Crippen LogP contribution is 2.32. The summed E-state index contributed by atoms with van der Waals surface area (Å²) in [4.78, 5) is 0. The van der Waals surface area contributed by atoms with Gasteiger partial charge in [0.05, 0.1) is 5.02 Å². The molecule has 1 aromatic rings. The smallest absolute Gasteiger partial charge is 0.146 e. The first-order chi connectivity index (χ1) is 8.22. The van der Waals surface area contributed by atoms with Crippen molar-refractivity contribution in [3.8, 4) is 0 Å². The summed E-state index contributed by atoms with van der Waals surface area (Å²) in [6.45, 7) is 9.24. The van der Waals surface area contributed by atoms with Crippen molar-refractivity contribution >= 4 is 27.5 Å². The quantitative estimate of drug-likeness (QED) is 0.752. The number of halogens is 3. The molecule has 0 aliphatic rings. The molecule has 0 radical (unpaired) electrons. The van der Waals surface area contributed by atoms with Crippen LogP contribution in [0.1, 0.15) is 45.6 Å². The van der Waals surface area contributed by atoms with Crippen molar-refractivity contribution in [3.05, 3.63) is 33.0 Å². The van der Waals surface area contributed by atoms with Gasteiger partial charge in [-0.3, -0.25) is 0 Å². The van der Waals surface area contributed by atoms with Crippen molar-refractivity contribution in [2.75, 3.05) is 6.54 Å². The zero-order chi connectivity index (χ0) is 13.9. The molecular formula is C14H20BrClFN. The standard InChI is InChI=1S/C14H20BrClFN/c1-9(7-8-18-14(2,3)4)10-5-6-11(15)12(16)13(10)17/h5-6,9,18H,7-8H2,1-4H3. The van der Waals surface area contributed by atoms with Crippen molar-refractivity contribution < 1.29 is 4.39 Å². The van der Waals surface area contributed by atoms with E-state index in [1.807, 2.05) is 6.92 Å². The van der Waals surface area contributed by atoms with Gasteiger partial charge in [-0.15, -0.1) is 0 Å². The fraction of sp³-hybridized carbons (Fsp3) is 0.571. The summed E-state index contributed by atoms with van der Waals surface area (Å²) in [5, 5.41) is 3.57. The summed E-state index contributed by atoms with van der Waals surface area (Å²) < 4.78 is 14.6. The third kappa shape index (κ3) is 4.52. The van der Waals surface area contributed by atoms with Crippen molar-refractivity contribution in [2.24, 2.45) is 0 Å². The molecular weight excluding hydrogens is 317 g/mol. The van der Waals surface area contributed by atoms with Gasteiger partial charge in [0.1, 0.15) is 5.82 Å². The van der Waals surface area contributed by atoms with Crippen LogP contribution in [-0.2, 0) is 0 Å². The third-order valence-electron chi connectivity index (χ3n) is 2.83. The van der Waals surface area contributed by atoms with Crippen LogP contribution in [0.3, 0.4) is 0 Å². The molecule has 0 aromatic heterocycles. The van der Waals surface area contributed by atoms with Crippen LogP contribution in [0.2, 0.25) is 5.02 Å². The maximum Gasteiger partial charge on any atom is 0.146 e. The Kier molecular flexibility index (Phi) is 5.63. The van der Waals surface area contributed by atoms with E-state index in [4.69, 9.17) is 11.6 Å². The van der Waals surface area contributed by atoms with Gasteiger partial charge in [0.2, 0.25) is 0 Å². The van der Waals surface area contributed by atoms with E-state index >= 15 is 0 Å². The van der Waals surface area contributed by atoms with Crippen LogP contribution >= 0.6 is 27.5 Å². The second-order valence-electron chi connectivity index (χ2n) is 5.63. The van der Waals surface area contributed by atoms with Crippen LogP contribution in [0.5, 0.6) is 0 Å². The van der Waals surface area contributed by atoms with Crippen LogP contribution in [0.15, 0.2) is 16.6 Å². The predicted octanol–water partition coefficient (Wildman–Crippen LogP) is 5.12. The SMILES string of the molecule is CC(CCNC(C)(C)C)c1ccc(Br)c(Cl)c1F. The average molecular weight is 337 g/mol. The zero-order valence-electron chi connectivity index (χ0n) is 11.3. The predicted molar refractivity (Wildman–Crippen MR) is 79.9 cm³/mol. The van der Waals surface area contributed by atoms with Crippen LogP contribution in [0.4, 0.5) is 4.39 Å². The van der Waals surface area contributed by atoms with Gasteiger partial charge in [-0.05, 0) is 67.2 Å². The van der Waals surface area contributed by atoms with E-state index in [9.17, 15) is 4.39 Å². The number of nitrogens with one attached hydrogen (secondary N) is 1. The first-order valence-electron chi connectivity index (χ1n) is 6.11. The Morgan fingerprint density at radius 3 is 2.56 bits per heavy atom. The highest BCUT2D eigenvalue weighted by molar-refractivity contribution is 9.10. The van der Waals surface area contributed by atoms with Crippen molar-refractivity contribution in [1.82, 2.24) is 5.32 Å². The minimum atomic E-state index is -0.311. The highest BCUT2D eigenvalue weighted by atomic mass is 79.9. The Bertz CT molecular complexity index is 415. The molecule has 0 saturated carbocycles. The molecule has 1 atom stereocenters. The van der Waals surface area contributed by atoms with E-state index in [1.54, 1.807) is 12.1 Å². The molecule has 1 unspecified atom stereocenters. The second-order valence-corrected chi connectivity index (χ2v) is 6.86. The molecule has 102 valence electrons. The molecule has 4 heteroatoms. The van der Waals surface area contributed by atoms with Crippen molar-refractivity contribution in [1.29, 1.82) is 0 Å². The molecule has 1 aromatic carbocycles. The summed E-state index contributed by atoms with van der Waals surface area (Å²) in [7, 11) is 0. The summed E-state index contributed by atoms with van der Waals surface area (Å²) >= 11 is 9.12. The van der Waals surface area contributed by atoms with Crippen molar-refractivity contribution in [2.45, 2.75) is 45.6 Å². The summed E-state index contributed by atoms with van der Waals surface area (Å²) in [5.41, 5.74) is 0.772. The maximum absolute atomic E-state index is 14.0. The molecule has 0 saturated heterocycles. The lowest BCUT2D eigenvalue weighted by Gasteiger charge is -2.22. The fourth-order valence-electron chi connectivity index (χ4n) is 1.74. The Hall–Kier alpha value is -0.120. The maximum atomic E-state index is 14.0. The van der Waals surface area contributed by atoms with Gasteiger partial charge < -0.3 is 5.32 Å². The topological polar surface area (TPSA) is 12.0 Å². The number of hydrogen-bond acceptors (Lipinski definition) is 1. The normalized spacial score (nSPS) is 13.7. The van der Waals surface area contributed by atoms with Crippen LogP contribution < -0.4 is 5.32 Å². The molecule has 1 rings (SSSR count). The largest absolute Gasteiger partial charge is 0.312 e. The van der Waals surface area contributed by atoms with Crippen LogP contribution in [0, 0.1) is 5.82 Å². The van der Waals surface area contributed by atoms with Gasteiger partial charge in [-0.25, -0.2) is 4.39 Å². The molecule has 0 heterocycles. The number of rotatable bonds is 4. The Morgan fingerprint density at radius 1 is 1.39 bits per heavy atom. The Balaban J connectivity index is 2.68. The molecule has 0 aliphatic carbocycles. The van der Waals surface area contributed by atoms with E-state index in [0.717, 1.165) is 13.0 Å². The lowest BCUT2D eigenvalue weighted by molar-refractivity contribution is 0.412. The van der Waals surface area contributed by atoms with E-state index in [-0.39, 0.29) is 22.3 Å². The first kappa shape index (κ1) is 15.9. The van der Waals surface area contributed by atoms with Gasteiger partial charge in [-0.2, -0.15) is 0 Å². The van der Waals surface area contributed by atoms with E-state index in [0.29, 0.717) is 10.0 Å². The molecule has 0 fully saturated rings. The van der Waals surface area contributed by atoms with Gasteiger partial charge in [0.25, 0.3) is 0 Å². The summed E-state index contributed by atoms with van der Waals surface area (Å²) in [6.07, 6.45) is 0.881. The molecule has 18 heavy (non-hydrogen) atoms. The molecule has 0 spiro atoms. The van der Waals surface area contributed by atoms with Gasteiger partial charge in [0, 0.05) is 10.0 Å².